The van der Waals surface area contributed by atoms with E-state index in [0.29, 0.717) is 12.1 Å². The Morgan fingerprint density at radius 3 is 2.38 bits per heavy atom. The second-order valence-corrected chi connectivity index (χ2v) is 8.70. The third kappa shape index (κ3) is 4.68. The summed E-state index contributed by atoms with van der Waals surface area (Å²) >= 11 is 0. The Labute approximate surface area is 198 Å². The number of amides is 2. The average Bonchev–Trinajstić information content (AvgIpc) is 3.16. The quantitative estimate of drug-likeness (QED) is 0.637. The van der Waals surface area contributed by atoms with Crippen molar-refractivity contribution in [3.05, 3.63) is 71.3 Å². The van der Waals surface area contributed by atoms with Crippen molar-refractivity contribution in [2.75, 3.05) is 32.8 Å². The topological polar surface area (TPSA) is 105 Å². The summed E-state index contributed by atoms with van der Waals surface area (Å²) in [4.78, 5) is 37.9. The van der Waals surface area contributed by atoms with Crippen LogP contribution in [0.25, 0.3) is 11.1 Å². The van der Waals surface area contributed by atoms with E-state index < -0.39 is 17.7 Å². The van der Waals surface area contributed by atoms with E-state index in [2.05, 4.69) is 29.6 Å². The second kappa shape index (κ2) is 9.69. The van der Waals surface area contributed by atoms with Gasteiger partial charge in [0.2, 0.25) is 5.91 Å². The molecule has 2 aromatic rings. The fourth-order valence-corrected chi connectivity index (χ4v) is 4.45. The first-order chi connectivity index (χ1) is 16.3. The van der Waals surface area contributed by atoms with E-state index in [9.17, 15) is 19.5 Å². The summed E-state index contributed by atoms with van der Waals surface area (Å²) < 4.78 is 10.8. The molecule has 1 aliphatic carbocycles. The number of alkyl carbamates (subject to hydrolysis) is 1. The molecule has 1 saturated heterocycles. The maximum absolute atomic E-state index is 12.7. The highest BCUT2D eigenvalue weighted by Gasteiger charge is 2.41. The summed E-state index contributed by atoms with van der Waals surface area (Å²) in [5.74, 6) is -1.42. The molecule has 1 heterocycles. The van der Waals surface area contributed by atoms with Gasteiger partial charge in [-0.25, -0.2) is 9.59 Å². The Balaban J connectivity index is 1.30. The number of hydrogen-bond acceptors (Lipinski definition) is 5. The number of rotatable bonds is 6. The molecule has 1 fully saturated rings. The summed E-state index contributed by atoms with van der Waals surface area (Å²) in [6.07, 6.45) is 1.03. The minimum Gasteiger partial charge on any atom is -0.479 e. The van der Waals surface area contributed by atoms with Gasteiger partial charge in [0, 0.05) is 24.6 Å². The molecule has 1 unspecified atom stereocenters. The van der Waals surface area contributed by atoms with E-state index in [-0.39, 0.29) is 38.1 Å². The summed E-state index contributed by atoms with van der Waals surface area (Å²) in [6.45, 7) is 3.85. The van der Waals surface area contributed by atoms with Crippen molar-refractivity contribution in [2.24, 2.45) is 0 Å². The highest BCUT2D eigenvalue weighted by atomic mass is 16.5. The zero-order valence-electron chi connectivity index (χ0n) is 19.2. The molecule has 178 valence electrons. The molecule has 0 radical (unpaired) electrons. The standard InChI is InChI=1S/C26H28N2O6/c1-17(23(29)28-13-14-34-26(2,16-28)24(30)31)11-12-27-25(32)33-15-22-20-9-5-3-7-18(20)19-8-4-6-10-21(19)22/h3-11,22H,12-16H2,1-2H3,(H,27,32)(H,30,31)/b17-11+. The van der Waals surface area contributed by atoms with Crippen LogP contribution in [0.5, 0.6) is 0 Å². The molecule has 8 nitrogen and oxygen atoms in total. The maximum atomic E-state index is 12.7. The van der Waals surface area contributed by atoms with Crippen molar-refractivity contribution in [1.82, 2.24) is 10.2 Å². The van der Waals surface area contributed by atoms with E-state index in [1.807, 2.05) is 24.3 Å². The summed E-state index contributed by atoms with van der Waals surface area (Å²) in [6, 6.07) is 16.2. The minimum absolute atomic E-state index is 0.0260. The molecule has 2 N–H and O–H groups in total. The number of carboxylic acid groups (broad SMARTS) is 1. The van der Waals surface area contributed by atoms with Gasteiger partial charge in [-0.3, -0.25) is 4.79 Å². The second-order valence-electron chi connectivity index (χ2n) is 8.70. The van der Waals surface area contributed by atoms with Gasteiger partial charge in [-0.2, -0.15) is 0 Å². The maximum Gasteiger partial charge on any atom is 0.407 e. The first kappa shape index (κ1) is 23.5. The van der Waals surface area contributed by atoms with Crippen LogP contribution in [0.15, 0.2) is 60.2 Å². The fourth-order valence-electron chi connectivity index (χ4n) is 4.45. The van der Waals surface area contributed by atoms with Gasteiger partial charge >= 0.3 is 12.1 Å². The fraction of sp³-hybridized carbons (Fsp3) is 0.346. The molecule has 2 aliphatic rings. The molecule has 2 aromatic carbocycles. The van der Waals surface area contributed by atoms with Gasteiger partial charge in [-0.1, -0.05) is 54.6 Å². The van der Waals surface area contributed by atoms with Gasteiger partial charge < -0.3 is 24.8 Å². The van der Waals surface area contributed by atoms with Gasteiger partial charge in [0.15, 0.2) is 5.60 Å². The molecule has 0 aromatic heterocycles. The Kier molecular flexibility index (Phi) is 6.70. The van der Waals surface area contributed by atoms with Crippen LogP contribution < -0.4 is 5.32 Å². The lowest BCUT2D eigenvalue weighted by molar-refractivity contribution is -0.176. The molecule has 0 spiro atoms. The van der Waals surface area contributed by atoms with Gasteiger partial charge in [0.25, 0.3) is 0 Å². The number of nitrogens with one attached hydrogen (secondary N) is 1. The van der Waals surface area contributed by atoms with Crippen LogP contribution in [0.2, 0.25) is 0 Å². The van der Waals surface area contributed by atoms with Crippen LogP contribution in [-0.2, 0) is 19.1 Å². The number of benzene rings is 2. The van der Waals surface area contributed by atoms with E-state index in [1.54, 1.807) is 13.0 Å². The molecule has 34 heavy (non-hydrogen) atoms. The summed E-state index contributed by atoms with van der Waals surface area (Å²) in [5.41, 5.74) is 3.58. The Morgan fingerprint density at radius 1 is 1.15 bits per heavy atom. The third-order valence-electron chi connectivity index (χ3n) is 6.35. The van der Waals surface area contributed by atoms with Crippen LogP contribution in [0, 0.1) is 0 Å². The summed E-state index contributed by atoms with van der Waals surface area (Å²) in [5, 5.41) is 12.0. The number of ether oxygens (including phenoxy) is 2. The number of nitrogens with zero attached hydrogens (tertiary/aromatic N) is 1. The van der Waals surface area contributed by atoms with Gasteiger partial charge in [0.05, 0.1) is 13.2 Å². The lowest BCUT2D eigenvalue weighted by atomic mass is 9.98. The predicted molar refractivity (Wildman–Crippen MR) is 125 cm³/mol. The first-order valence-corrected chi connectivity index (χ1v) is 11.2. The van der Waals surface area contributed by atoms with Crippen molar-refractivity contribution >= 4 is 18.0 Å². The predicted octanol–water partition coefficient (Wildman–Crippen LogP) is 3.17. The zero-order chi connectivity index (χ0) is 24.3. The highest BCUT2D eigenvalue weighted by molar-refractivity contribution is 5.93. The monoisotopic (exact) mass is 464 g/mol. The number of carbonyl (C=O) groups is 3. The molecule has 0 saturated carbocycles. The number of carbonyl (C=O) groups excluding carboxylic acids is 2. The van der Waals surface area contributed by atoms with Crippen molar-refractivity contribution in [1.29, 1.82) is 0 Å². The summed E-state index contributed by atoms with van der Waals surface area (Å²) in [7, 11) is 0. The van der Waals surface area contributed by atoms with Crippen molar-refractivity contribution in [3.63, 3.8) is 0 Å². The van der Waals surface area contributed by atoms with Crippen LogP contribution in [-0.4, -0.2) is 66.4 Å². The SMILES string of the molecule is C/C(=C\CNC(=O)OCC1c2ccccc2-c2ccccc21)C(=O)N1CCOC(C)(C(=O)O)C1. The third-order valence-corrected chi connectivity index (χ3v) is 6.35. The normalized spacial score (nSPS) is 19.8. The molecular weight excluding hydrogens is 436 g/mol. The zero-order valence-corrected chi connectivity index (χ0v) is 19.2. The molecule has 4 rings (SSSR count). The Bertz CT molecular complexity index is 1100. The van der Waals surface area contributed by atoms with E-state index in [1.165, 1.54) is 11.8 Å². The molecule has 8 heteroatoms. The van der Waals surface area contributed by atoms with Crippen LogP contribution in [0.1, 0.15) is 30.9 Å². The lowest BCUT2D eigenvalue weighted by Gasteiger charge is -2.37. The van der Waals surface area contributed by atoms with Crippen LogP contribution in [0.4, 0.5) is 4.79 Å². The number of carboxylic acids is 1. The number of fused-ring (bicyclic) bond motifs is 3. The lowest BCUT2D eigenvalue weighted by Crippen LogP contribution is -2.56. The van der Waals surface area contributed by atoms with E-state index in [4.69, 9.17) is 9.47 Å². The van der Waals surface area contributed by atoms with Gasteiger partial charge in [0.1, 0.15) is 6.61 Å². The highest BCUT2D eigenvalue weighted by Crippen LogP contribution is 2.44. The van der Waals surface area contributed by atoms with Gasteiger partial charge in [-0.15, -0.1) is 0 Å². The Hall–Kier alpha value is -3.65. The van der Waals surface area contributed by atoms with Crippen LogP contribution >= 0.6 is 0 Å². The number of aliphatic carboxylic acids is 1. The molecule has 1 atom stereocenters. The largest absolute Gasteiger partial charge is 0.479 e. The average molecular weight is 465 g/mol. The van der Waals surface area contributed by atoms with Crippen molar-refractivity contribution < 1.29 is 29.0 Å². The number of hydrogen-bond donors (Lipinski definition) is 2. The van der Waals surface area contributed by atoms with Crippen molar-refractivity contribution in [2.45, 2.75) is 25.4 Å². The van der Waals surface area contributed by atoms with Crippen LogP contribution in [0.3, 0.4) is 0 Å². The molecule has 1 aliphatic heterocycles. The first-order valence-electron chi connectivity index (χ1n) is 11.2. The van der Waals surface area contributed by atoms with E-state index >= 15 is 0 Å². The Morgan fingerprint density at radius 2 is 1.76 bits per heavy atom. The molecule has 2 amide bonds. The number of morpholine rings is 1. The molecular formula is C26H28N2O6. The molecule has 0 bridgehead atoms. The van der Waals surface area contributed by atoms with E-state index in [0.717, 1.165) is 22.3 Å². The van der Waals surface area contributed by atoms with Crippen molar-refractivity contribution in [3.8, 4) is 11.1 Å². The smallest absolute Gasteiger partial charge is 0.407 e. The van der Waals surface area contributed by atoms with Gasteiger partial charge in [-0.05, 0) is 36.1 Å². The minimum atomic E-state index is -1.42.